The molecule has 7 heteroatoms. The van der Waals surface area contributed by atoms with Gasteiger partial charge in [-0.05, 0) is 48.2 Å². The number of rotatable bonds is 6. The predicted molar refractivity (Wildman–Crippen MR) is 90.9 cm³/mol. The first-order valence-electron chi connectivity index (χ1n) is 7.14. The zero-order valence-electron chi connectivity index (χ0n) is 12.7. The third kappa shape index (κ3) is 4.85. The minimum absolute atomic E-state index is 0.0491. The molecule has 0 saturated carbocycles. The van der Waals surface area contributed by atoms with Gasteiger partial charge in [-0.2, -0.15) is 0 Å². The maximum absolute atomic E-state index is 12.3. The lowest BCUT2D eigenvalue weighted by Crippen LogP contribution is -2.28. The van der Waals surface area contributed by atoms with E-state index in [-0.39, 0.29) is 29.7 Å². The van der Waals surface area contributed by atoms with Crippen molar-refractivity contribution in [2.45, 2.75) is 11.3 Å². The maximum Gasteiger partial charge on any atom is 0.252 e. The van der Waals surface area contributed by atoms with E-state index in [1.165, 1.54) is 24.3 Å². The van der Waals surface area contributed by atoms with Crippen LogP contribution in [0.5, 0.6) is 5.75 Å². The van der Waals surface area contributed by atoms with Crippen molar-refractivity contribution in [2.75, 3.05) is 6.54 Å². The molecule has 24 heavy (non-hydrogen) atoms. The van der Waals surface area contributed by atoms with E-state index < -0.39 is 5.91 Å². The van der Waals surface area contributed by atoms with E-state index in [9.17, 15) is 19.5 Å². The minimum Gasteiger partial charge on any atom is -0.508 e. The zero-order chi connectivity index (χ0) is 17.5. The molecule has 0 heterocycles. The zero-order valence-corrected chi connectivity index (χ0v) is 13.5. The number of nitrogens with two attached hydrogens (primary N) is 1. The highest BCUT2D eigenvalue weighted by Gasteiger charge is 2.15. The third-order valence-electron chi connectivity index (χ3n) is 3.09. The second kappa shape index (κ2) is 8.16. The Morgan fingerprint density at radius 1 is 1.04 bits per heavy atom. The van der Waals surface area contributed by atoms with Gasteiger partial charge in [0.25, 0.3) is 5.91 Å². The smallest absolute Gasteiger partial charge is 0.252 e. The van der Waals surface area contributed by atoms with E-state index in [0.29, 0.717) is 16.0 Å². The molecule has 2 rings (SSSR count). The number of thioether (sulfide) groups is 1. The van der Waals surface area contributed by atoms with E-state index in [2.05, 4.69) is 5.32 Å². The number of carbonyl (C=O) groups excluding carboxylic acids is 3. The summed E-state index contributed by atoms with van der Waals surface area (Å²) in [4.78, 5) is 35.7. The average Bonchev–Trinajstić information content (AvgIpc) is 2.55. The summed E-state index contributed by atoms with van der Waals surface area (Å²) in [6, 6.07) is 12.6. The number of aromatic hydroxyl groups is 1. The summed E-state index contributed by atoms with van der Waals surface area (Å²) < 4.78 is 0. The van der Waals surface area contributed by atoms with Crippen LogP contribution >= 0.6 is 11.8 Å². The van der Waals surface area contributed by atoms with Crippen molar-refractivity contribution in [3.8, 4) is 5.75 Å². The number of phenolic OH excluding ortho intramolecular Hbond substituents is 1. The predicted octanol–water partition coefficient (Wildman–Crippen LogP) is 1.93. The Hall–Kier alpha value is -2.80. The Bertz CT molecular complexity index is 759. The number of nitrogens with one attached hydrogen (secondary N) is 1. The summed E-state index contributed by atoms with van der Waals surface area (Å²) in [7, 11) is 0. The molecule has 6 nitrogen and oxygen atoms in total. The van der Waals surface area contributed by atoms with E-state index in [1.54, 1.807) is 24.3 Å². The van der Waals surface area contributed by atoms with Gasteiger partial charge in [-0.3, -0.25) is 14.4 Å². The van der Waals surface area contributed by atoms with Gasteiger partial charge in [0.15, 0.2) is 0 Å². The van der Waals surface area contributed by atoms with Gasteiger partial charge >= 0.3 is 0 Å². The topological polar surface area (TPSA) is 109 Å². The number of hydrogen-bond acceptors (Lipinski definition) is 5. The number of primary amides is 1. The van der Waals surface area contributed by atoms with Crippen molar-refractivity contribution in [3.63, 3.8) is 0 Å². The highest BCUT2D eigenvalue weighted by Crippen LogP contribution is 2.27. The van der Waals surface area contributed by atoms with Crippen LogP contribution in [0.15, 0.2) is 53.4 Å². The van der Waals surface area contributed by atoms with Gasteiger partial charge in [0.1, 0.15) is 5.75 Å². The lowest BCUT2D eigenvalue weighted by atomic mass is 10.2. The van der Waals surface area contributed by atoms with Crippen molar-refractivity contribution in [2.24, 2.45) is 5.73 Å². The van der Waals surface area contributed by atoms with Crippen molar-refractivity contribution in [1.82, 2.24) is 5.32 Å². The van der Waals surface area contributed by atoms with Crippen LogP contribution in [0.25, 0.3) is 0 Å². The van der Waals surface area contributed by atoms with Crippen LogP contribution in [0.1, 0.15) is 27.1 Å². The second-order valence-corrected chi connectivity index (χ2v) is 5.92. The molecule has 2 aromatic carbocycles. The number of phenols is 1. The van der Waals surface area contributed by atoms with Gasteiger partial charge in [0.2, 0.25) is 11.0 Å². The molecule has 0 aliphatic heterocycles. The molecule has 0 aliphatic carbocycles. The van der Waals surface area contributed by atoms with Crippen LogP contribution in [0, 0.1) is 0 Å². The molecule has 0 bridgehead atoms. The first kappa shape index (κ1) is 17.6. The molecule has 0 unspecified atom stereocenters. The molecule has 0 atom stereocenters. The quantitative estimate of drug-likeness (QED) is 0.694. The van der Waals surface area contributed by atoms with E-state index in [1.807, 2.05) is 0 Å². The fourth-order valence-corrected chi connectivity index (χ4v) is 2.76. The molecule has 4 N–H and O–H groups in total. The van der Waals surface area contributed by atoms with Crippen LogP contribution in [0.4, 0.5) is 0 Å². The Morgan fingerprint density at radius 3 is 2.38 bits per heavy atom. The highest BCUT2D eigenvalue weighted by molar-refractivity contribution is 8.14. The van der Waals surface area contributed by atoms with Gasteiger partial charge in [0.05, 0.1) is 5.56 Å². The monoisotopic (exact) mass is 344 g/mol. The third-order valence-corrected chi connectivity index (χ3v) is 4.09. The van der Waals surface area contributed by atoms with Gasteiger partial charge < -0.3 is 16.2 Å². The summed E-state index contributed by atoms with van der Waals surface area (Å²) in [6.07, 6.45) is 0.0491. The summed E-state index contributed by atoms with van der Waals surface area (Å²) >= 11 is 0.924. The number of amides is 2. The standard InChI is InChI=1S/C17H16N2O4S/c18-15(21)9-10-19-16(22)13-3-1-2-4-14(13)24-17(23)11-5-7-12(20)8-6-11/h1-8,20H,9-10H2,(H2,18,21)(H,19,22). The molecule has 2 aromatic rings. The molecule has 0 aliphatic rings. The Kier molecular flexibility index (Phi) is 5.97. The van der Waals surface area contributed by atoms with E-state index in [0.717, 1.165) is 11.8 Å². The van der Waals surface area contributed by atoms with Gasteiger partial charge in [0, 0.05) is 23.4 Å². The fraction of sp³-hybridized carbons (Fsp3) is 0.118. The molecule has 0 aromatic heterocycles. The highest BCUT2D eigenvalue weighted by atomic mass is 32.2. The summed E-state index contributed by atoms with van der Waals surface area (Å²) in [5.41, 5.74) is 5.80. The largest absolute Gasteiger partial charge is 0.508 e. The molecule has 0 spiro atoms. The second-order valence-electron chi connectivity index (χ2n) is 4.90. The number of carbonyl (C=O) groups is 3. The average molecular weight is 344 g/mol. The van der Waals surface area contributed by atoms with Gasteiger partial charge in [-0.15, -0.1) is 0 Å². The summed E-state index contributed by atoms with van der Waals surface area (Å²) in [5.74, 6) is -0.802. The summed E-state index contributed by atoms with van der Waals surface area (Å²) in [5, 5.41) is 11.6. The maximum atomic E-state index is 12.3. The van der Waals surface area contributed by atoms with Crippen LogP contribution in [-0.2, 0) is 4.79 Å². The number of benzene rings is 2. The fourth-order valence-electron chi connectivity index (χ4n) is 1.89. The summed E-state index contributed by atoms with van der Waals surface area (Å²) in [6.45, 7) is 0.138. The van der Waals surface area contributed by atoms with Crippen molar-refractivity contribution in [3.05, 3.63) is 59.7 Å². The minimum atomic E-state index is -0.500. The molecule has 0 saturated heterocycles. The lowest BCUT2D eigenvalue weighted by molar-refractivity contribution is -0.117. The lowest BCUT2D eigenvalue weighted by Gasteiger charge is -2.09. The SMILES string of the molecule is NC(=O)CCNC(=O)c1ccccc1SC(=O)c1ccc(O)cc1. The Morgan fingerprint density at radius 2 is 1.71 bits per heavy atom. The molecule has 0 radical (unpaired) electrons. The Balaban J connectivity index is 2.10. The van der Waals surface area contributed by atoms with E-state index in [4.69, 9.17) is 5.73 Å². The Labute approximate surface area is 143 Å². The molecule has 124 valence electrons. The molecular weight excluding hydrogens is 328 g/mol. The first-order chi connectivity index (χ1) is 11.5. The van der Waals surface area contributed by atoms with Crippen LogP contribution < -0.4 is 11.1 Å². The van der Waals surface area contributed by atoms with Crippen molar-refractivity contribution < 1.29 is 19.5 Å². The van der Waals surface area contributed by atoms with Crippen LogP contribution in [0.3, 0.4) is 0 Å². The number of hydrogen-bond donors (Lipinski definition) is 3. The molecular formula is C17H16N2O4S. The van der Waals surface area contributed by atoms with Crippen LogP contribution in [0.2, 0.25) is 0 Å². The molecule has 2 amide bonds. The van der Waals surface area contributed by atoms with Crippen molar-refractivity contribution >= 4 is 28.7 Å². The normalized spacial score (nSPS) is 10.2. The van der Waals surface area contributed by atoms with Crippen molar-refractivity contribution in [1.29, 1.82) is 0 Å². The molecule has 0 fully saturated rings. The van der Waals surface area contributed by atoms with Gasteiger partial charge in [-0.25, -0.2) is 0 Å². The first-order valence-corrected chi connectivity index (χ1v) is 7.96. The van der Waals surface area contributed by atoms with Crippen LogP contribution in [-0.4, -0.2) is 28.6 Å². The van der Waals surface area contributed by atoms with E-state index >= 15 is 0 Å². The van der Waals surface area contributed by atoms with Gasteiger partial charge in [-0.1, -0.05) is 12.1 Å².